The van der Waals surface area contributed by atoms with Crippen LogP contribution in [0.3, 0.4) is 0 Å². The van der Waals surface area contributed by atoms with Crippen LogP contribution in [0, 0.1) is 11.3 Å². The summed E-state index contributed by atoms with van der Waals surface area (Å²) in [6, 6.07) is 17.4. The van der Waals surface area contributed by atoms with Crippen LogP contribution in [0.1, 0.15) is 5.56 Å². The van der Waals surface area contributed by atoms with Crippen LogP contribution in [-0.4, -0.2) is 12.1 Å². The molecule has 0 saturated carbocycles. The summed E-state index contributed by atoms with van der Waals surface area (Å²) >= 11 is 0. The maximum atomic E-state index is 9.19. The molecule has 0 radical (unpaired) electrons. The molecule has 0 amide bonds. The van der Waals surface area contributed by atoms with Gasteiger partial charge in [-0.15, -0.1) is 0 Å². The first-order chi connectivity index (χ1) is 10.3. The minimum atomic E-state index is 0.559. The lowest BCUT2D eigenvalue weighted by Gasteiger charge is -2.10. The van der Waals surface area contributed by atoms with Crippen LogP contribution in [-0.2, 0) is 0 Å². The zero-order chi connectivity index (χ0) is 14.7. The smallest absolute Gasteiger partial charge is 0.121 e. The van der Waals surface area contributed by atoms with E-state index in [-0.39, 0.29) is 0 Å². The number of hydrogen-bond donors (Lipinski definition) is 1. The van der Waals surface area contributed by atoms with E-state index in [1.165, 1.54) is 0 Å². The van der Waals surface area contributed by atoms with Gasteiger partial charge in [0, 0.05) is 11.5 Å². The number of aromatic nitrogens is 1. The van der Waals surface area contributed by atoms with E-state index in [4.69, 9.17) is 4.74 Å². The molecular weight excluding hydrogens is 262 g/mol. The molecule has 21 heavy (non-hydrogen) atoms. The summed E-state index contributed by atoms with van der Waals surface area (Å²) < 4.78 is 5.20. The summed E-state index contributed by atoms with van der Waals surface area (Å²) in [6.07, 6.45) is 1.75. The molecule has 0 fully saturated rings. The number of nitrogens with one attached hydrogen (secondary N) is 1. The van der Waals surface area contributed by atoms with Crippen molar-refractivity contribution in [2.75, 3.05) is 12.4 Å². The monoisotopic (exact) mass is 275 g/mol. The second-order valence-corrected chi connectivity index (χ2v) is 4.57. The predicted octanol–water partition coefficient (Wildman–Crippen LogP) is 3.86. The van der Waals surface area contributed by atoms with E-state index in [1.807, 2.05) is 30.3 Å². The number of rotatable bonds is 3. The molecule has 1 N–H and O–H groups in total. The number of nitriles is 1. The van der Waals surface area contributed by atoms with Crippen molar-refractivity contribution < 1.29 is 4.74 Å². The van der Waals surface area contributed by atoms with Crippen molar-refractivity contribution in [3.05, 3.63) is 60.3 Å². The van der Waals surface area contributed by atoms with Gasteiger partial charge in [0.25, 0.3) is 0 Å². The standard InChI is InChI=1S/C17H13N3O/c1-21-15-7-6-13(10-18)17(9-15)20-14-8-12-4-2-3-5-16(12)19-11-14/h2-9,11,20H,1H3. The van der Waals surface area contributed by atoms with Gasteiger partial charge in [-0.3, -0.25) is 4.98 Å². The summed E-state index contributed by atoms with van der Waals surface area (Å²) in [5.41, 5.74) is 3.03. The Kier molecular flexibility index (Phi) is 3.40. The maximum absolute atomic E-state index is 9.19. The van der Waals surface area contributed by atoms with Gasteiger partial charge in [0.2, 0.25) is 0 Å². The third kappa shape index (κ3) is 2.63. The molecule has 4 heteroatoms. The number of anilines is 2. The fraction of sp³-hybridized carbons (Fsp3) is 0.0588. The number of ether oxygens (including phenoxy) is 1. The number of benzene rings is 2. The minimum absolute atomic E-state index is 0.559. The minimum Gasteiger partial charge on any atom is -0.497 e. The topological polar surface area (TPSA) is 57.9 Å². The largest absolute Gasteiger partial charge is 0.497 e. The zero-order valence-corrected chi connectivity index (χ0v) is 11.5. The van der Waals surface area contributed by atoms with Crippen molar-refractivity contribution in [1.82, 2.24) is 4.98 Å². The van der Waals surface area contributed by atoms with E-state index in [2.05, 4.69) is 16.4 Å². The molecule has 0 bridgehead atoms. The number of hydrogen-bond acceptors (Lipinski definition) is 4. The Morgan fingerprint density at radius 3 is 2.81 bits per heavy atom. The van der Waals surface area contributed by atoms with Crippen molar-refractivity contribution in [1.29, 1.82) is 5.26 Å². The highest BCUT2D eigenvalue weighted by Gasteiger charge is 2.05. The molecule has 0 saturated heterocycles. The molecule has 3 aromatic rings. The first-order valence-electron chi connectivity index (χ1n) is 6.50. The van der Waals surface area contributed by atoms with Gasteiger partial charge >= 0.3 is 0 Å². The average Bonchev–Trinajstić information content (AvgIpc) is 2.54. The molecule has 3 rings (SSSR count). The van der Waals surface area contributed by atoms with Crippen LogP contribution < -0.4 is 10.1 Å². The molecule has 1 aromatic heterocycles. The number of nitrogens with zero attached hydrogens (tertiary/aromatic N) is 2. The zero-order valence-electron chi connectivity index (χ0n) is 11.5. The Morgan fingerprint density at radius 1 is 1.14 bits per heavy atom. The number of fused-ring (bicyclic) bond motifs is 1. The number of para-hydroxylation sites is 1. The highest BCUT2D eigenvalue weighted by atomic mass is 16.5. The van der Waals surface area contributed by atoms with Crippen molar-refractivity contribution in [3.8, 4) is 11.8 Å². The lowest BCUT2D eigenvalue weighted by atomic mass is 10.1. The van der Waals surface area contributed by atoms with Crippen molar-refractivity contribution in [3.63, 3.8) is 0 Å². The molecule has 0 aliphatic heterocycles. The summed E-state index contributed by atoms with van der Waals surface area (Å²) in [4.78, 5) is 4.40. The molecule has 0 atom stereocenters. The number of pyridine rings is 1. The van der Waals surface area contributed by atoms with Crippen LogP contribution in [0.15, 0.2) is 54.7 Å². The summed E-state index contributed by atoms with van der Waals surface area (Å²) in [5.74, 6) is 0.699. The fourth-order valence-electron chi connectivity index (χ4n) is 2.15. The third-order valence-corrected chi connectivity index (χ3v) is 3.22. The van der Waals surface area contributed by atoms with Gasteiger partial charge in [-0.05, 0) is 24.3 Å². The van der Waals surface area contributed by atoms with E-state index in [1.54, 1.807) is 31.5 Å². The lowest BCUT2D eigenvalue weighted by Crippen LogP contribution is -1.95. The molecule has 1 heterocycles. The van der Waals surface area contributed by atoms with Gasteiger partial charge in [0.15, 0.2) is 0 Å². The Hall–Kier alpha value is -3.06. The number of methoxy groups -OCH3 is 1. The first-order valence-corrected chi connectivity index (χ1v) is 6.50. The Morgan fingerprint density at radius 2 is 2.00 bits per heavy atom. The van der Waals surface area contributed by atoms with E-state index in [0.717, 1.165) is 16.6 Å². The quantitative estimate of drug-likeness (QED) is 0.788. The van der Waals surface area contributed by atoms with Crippen LogP contribution in [0.25, 0.3) is 10.9 Å². The van der Waals surface area contributed by atoms with Gasteiger partial charge in [-0.2, -0.15) is 5.26 Å². The van der Waals surface area contributed by atoms with Crippen molar-refractivity contribution in [2.24, 2.45) is 0 Å². The van der Waals surface area contributed by atoms with E-state index >= 15 is 0 Å². The van der Waals surface area contributed by atoms with E-state index < -0.39 is 0 Å². The van der Waals surface area contributed by atoms with E-state index in [9.17, 15) is 5.26 Å². The second kappa shape index (κ2) is 5.51. The summed E-state index contributed by atoms with van der Waals surface area (Å²) in [5, 5.41) is 13.5. The third-order valence-electron chi connectivity index (χ3n) is 3.22. The normalized spacial score (nSPS) is 10.1. The summed E-state index contributed by atoms with van der Waals surface area (Å²) in [6.45, 7) is 0. The molecule has 2 aromatic carbocycles. The van der Waals surface area contributed by atoms with Crippen LogP contribution in [0.2, 0.25) is 0 Å². The maximum Gasteiger partial charge on any atom is 0.121 e. The summed E-state index contributed by atoms with van der Waals surface area (Å²) in [7, 11) is 1.60. The van der Waals surface area contributed by atoms with Crippen LogP contribution in [0.5, 0.6) is 5.75 Å². The van der Waals surface area contributed by atoms with Crippen molar-refractivity contribution in [2.45, 2.75) is 0 Å². The Labute approximate surface area is 122 Å². The molecule has 102 valence electrons. The second-order valence-electron chi connectivity index (χ2n) is 4.57. The van der Waals surface area contributed by atoms with Crippen LogP contribution >= 0.6 is 0 Å². The lowest BCUT2D eigenvalue weighted by molar-refractivity contribution is 0.415. The molecular formula is C17H13N3O. The predicted molar refractivity (Wildman–Crippen MR) is 82.7 cm³/mol. The van der Waals surface area contributed by atoms with Gasteiger partial charge < -0.3 is 10.1 Å². The SMILES string of the molecule is COc1ccc(C#N)c(Nc2cnc3ccccc3c2)c1. The molecule has 0 aliphatic carbocycles. The van der Waals surface area contributed by atoms with Crippen LogP contribution in [0.4, 0.5) is 11.4 Å². The van der Waals surface area contributed by atoms with E-state index in [0.29, 0.717) is 17.0 Å². The fourth-order valence-corrected chi connectivity index (χ4v) is 2.15. The Bertz CT molecular complexity index is 837. The van der Waals surface area contributed by atoms with Gasteiger partial charge in [-0.1, -0.05) is 18.2 Å². The molecule has 0 aliphatic rings. The van der Waals surface area contributed by atoms with Gasteiger partial charge in [-0.25, -0.2) is 0 Å². The average molecular weight is 275 g/mol. The highest BCUT2D eigenvalue weighted by molar-refractivity contribution is 5.83. The molecule has 4 nitrogen and oxygen atoms in total. The molecule has 0 unspecified atom stereocenters. The molecule has 0 spiro atoms. The highest BCUT2D eigenvalue weighted by Crippen LogP contribution is 2.26. The first kappa shape index (κ1) is 12.9. The van der Waals surface area contributed by atoms with Crippen molar-refractivity contribution >= 4 is 22.3 Å². The Balaban J connectivity index is 2.00. The van der Waals surface area contributed by atoms with Gasteiger partial charge in [0.1, 0.15) is 11.8 Å². The van der Waals surface area contributed by atoms with Gasteiger partial charge in [0.05, 0.1) is 35.8 Å².